The third kappa shape index (κ3) is 5.77. The molecular weight excluding hydrogens is 456 g/mol. The molecule has 0 spiro atoms. The third-order valence-corrected chi connectivity index (χ3v) is 49.8. The van der Waals surface area contributed by atoms with Gasteiger partial charge in [0.15, 0.2) is 0 Å². The molecule has 0 nitrogen and oxygen atoms in total. The molecule has 0 heterocycles. The normalized spacial score (nSPS) is 15.5. The fourth-order valence-corrected chi connectivity index (χ4v) is 59.8. The molecule has 0 aromatic rings. The van der Waals surface area contributed by atoms with Gasteiger partial charge in [0, 0.05) is 0 Å². The van der Waals surface area contributed by atoms with E-state index in [-0.39, 0.29) is 0 Å². The van der Waals surface area contributed by atoms with Crippen LogP contribution in [-0.4, -0.2) is 35.0 Å². The van der Waals surface area contributed by atoms with E-state index in [0.29, 0.717) is 22.6 Å². The Bertz CT molecular complexity index is 464. The summed E-state index contributed by atoms with van der Waals surface area (Å²) in [7, 11) is 13.8. The van der Waals surface area contributed by atoms with Crippen molar-refractivity contribution >= 4 is 32.5 Å². The molecule has 0 aliphatic heterocycles. The van der Waals surface area contributed by atoms with Crippen molar-refractivity contribution in [1.29, 1.82) is 0 Å². The van der Waals surface area contributed by atoms with E-state index in [4.69, 9.17) is 20.4 Å². The van der Waals surface area contributed by atoms with Gasteiger partial charge in [-0.05, 0) is 0 Å². The van der Waals surface area contributed by atoms with Crippen LogP contribution in [0.4, 0.5) is 0 Å². The van der Waals surface area contributed by atoms with E-state index in [1.165, 1.54) is 11.1 Å². The molecule has 27 heavy (non-hydrogen) atoms. The van der Waals surface area contributed by atoms with Crippen molar-refractivity contribution in [1.82, 2.24) is 0 Å². The number of allylic oxidation sites excluding steroid dienone is 4. The molecule has 0 unspecified atom stereocenters. The molecule has 170 valence electrons. The molecule has 0 saturated carbocycles. The van der Waals surface area contributed by atoms with Crippen molar-refractivity contribution in [3.05, 3.63) is 23.3 Å². The average Bonchev–Trinajstić information content (AvgIpc) is 2.45. The summed E-state index contributed by atoms with van der Waals surface area (Å²) in [5.41, 5.74) is 5.12. The van der Waals surface area contributed by atoms with Crippen molar-refractivity contribution in [3.8, 4) is 0 Å². The minimum atomic E-state index is -1.99. The molecule has 0 aliphatic rings. The Morgan fingerprint density at radius 3 is 1.00 bits per heavy atom. The van der Waals surface area contributed by atoms with E-state index in [0.717, 1.165) is 12.3 Å². The van der Waals surface area contributed by atoms with Crippen LogP contribution in [0.1, 0.15) is 83.1 Å². The summed E-state index contributed by atoms with van der Waals surface area (Å²) in [5, 5.41) is 0. The Labute approximate surface area is 182 Å². The first kappa shape index (κ1) is 28.4. The zero-order chi connectivity index (χ0) is 21.8. The molecule has 0 aromatic heterocycles. The minimum absolute atomic E-state index is 0.583. The maximum atomic E-state index is 7.85. The van der Waals surface area contributed by atoms with Crippen molar-refractivity contribution in [2.75, 3.05) is 12.3 Å². The number of halogens is 2. The van der Waals surface area contributed by atoms with Crippen LogP contribution < -0.4 is 0 Å². The van der Waals surface area contributed by atoms with Gasteiger partial charge in [0.2, 0.25) is 0 Å². The first-order chi connectivity index (χ1) is 12.1. The Balaban J connectivity index is 6.93. The summed E-state index contributed by atoms with van der Waals surface area (Å²) in [4.78, 5) is 0. The molecule has 0 saturated heterocycles. The summed E-state index contributed by atoms with van der Waals surface area (Å²) in [6.45, 7) is 28.1. The molecule has 0 N–H and O–H groups in total. The van der Waals surface area contributed by atoms with E-state index in [1.54, 1.807) is 0 Å². The topological polar surface area (TPSA) is 0 Å². The molecule has 0 bridgehead atoms. The second kappa shape index (κ2) is 11.2. The van der Waals surface area contributed by atoms with Gasteiger partial charge in [-0.3, -0.25) is 0 Å². The number of hydrogen-bond donors (Lipinski definition) is 0. The Kier molecular flexibility index (Phi) is 11.7. The zero-order valence-electron chi connectivity index (χ0n) is 20.0. The molecule has 5 heteroatoms. The van der Waals surface area contributed by atoms with Crippen LogP contribution in [-0.2, 0) is 9.74 Å². The number of hydrogen-bond acceptors (Lipinski definition) is 0. The van der Waals surface area contributed by atoms with Crippen LogP contribution in [0.15, 0.2) is 23.3 Å². The standard InChI is InChI=1S/2C11H23P.2ClH.Ni/c2*1-9(2)7-8-12(10(3)4)11(5)6;;;/h2*7,10-11H,8H2,1-6H3;2*1H;. The van der Waals surface area contributed by atoms with Gasteiger partial charge in [-0.15, -0.1) is 0 Å². The summed E-state index contributed by atoms with van der Waals surface area (Å²) >= 11 is 0. The predicted molar refractivity (Wildman–Crippen MR) is 137 cm³/mol. The van der Waals surface area contributed by atoms with Crippen LogP contribution in [0.5, 0.6) is 0 Å². The van der Waals surface area contributed by atoms with Gasteiger partial charge >= 0.3 is 184 Å². The van der Waals surface area contributed by atoms with Crippen molar-refractivity contribution in [2.24, 2.45) is 0 Å². The van der Waals surface area contributed by atoms with Gasteiger partial charge < -0.3 is 0 Å². The second-order valence-electron chi connectivity index (χ2n) is 9.69. The summed E-state index contributed by atoms with van der Waals surface area (Å²) < 4.78 is 0. The van der Waals surface area contributed by atoms with Gasteiger partial charge in [-0.25, -0.2) is 0 Å². The third-order valence-electron chi connectivity index (χ3n) is 6.06. The summed E-state index contributed by atoms with van der Waals surface area (Å²) in [5.74, 6) is 0. The quantitative estimate of drug-likeness (QED) is 0.158. The molecule has 0 rings (SSSR count). The Hall–Kier alpha value is 1.41. The first-order valence-electron chi connectivity index (χ1n) is 10.4. The Morgan fingerprint density at radius 2 is 0.852 bits per heavy atom. The van der Waals surface area contributed by atoms with Crippen LogP contribution in [0.25, 0.3) is 0 Å². The van der Waals surface area contributed by atoms with Gasteiger partial charge in [-0.1, -0.05) is 0 Å². The van der Waals surface area contributed by atoms with E-state index < -0.39 is 21.8 Å². The van der Waals surface area contributed by atoms with Crippen LogP contribution in [0.2, 0.25) is 0 Å². The summed E-state index contributed by atoms with van der Waals surface area (Å²) in [6, 6.07) is -3.99. The molecule has 0 fully saturated rings. The maximum absolute atomic E-state index is 7.85. The fraction of sp³-hybridized carbons (Fsp3) is 0.818. The van der Waals surface area contributed by atoms with Crippen molar-refractivity contribution in [3.63, 3.8) is 0 Å². The Morgan fingerprint density at radius 1 is 0.630 bits per heavy atom. The SMILES string of the molecule is CC(C)=CC[PH](C(C)C)(C(C)C)[Ni]([Cl])([Cl])[PH](CC=C(C)C)(C(C)C)C(C)C. The van der Waals surface area contributed by atoms with Crippen molar-refractivity contribution < 1.29 is 9.74 Å². The van der Waals surface area contributed by atoms with Gasteiger partial charge in [0.1, 0.15) is 0 Å². The van der Waals surface area contributed by atoms with E-state index in [2.05, 4.69) is 95.2 Å². The van der Waals surface area contributed by atoms with Crippen molar-refractivity contribution in [2.45, 2.75) is 106 Å². The van der Waals surface area contributed by atoms with Gasteiger partial charge in [0.25, 0.3) is 0 Å². The molecule has 0 amide bonds. The van der Waals surface area contributed by atoms with E-state index >= 15 is 0 Å². The summed E-state index contributed by atoms with van der Waals surface area (Å²) in [6.07, 6.45) is 7.14. The van der Waals surface area contributed by atoms with Gasteiger partial charge in [0.05, 0.1) is 0 Å². The predicted octanol–water partition coefficient (Wildman–Crippen LogP) is 9.34. The molecule has 0 radical (unpaired) electrons. The fourth-order valence-electron chi connectivity index (χ4n) is 4.34. The first-order valence-corrected chi connectivity index (χ1v) is 20.5. The second-order valence-corrected chi connectivity index (χ2v) is 37.2. The van der Waals surface area contributed by atoms with E-state index in [1.807, 2.05) is 0 Å². The van der Waals surface area contributed by atoms with Crippen LogP contribution in [0.3, 0.4) is 0 Å². The van der Waals surface area contributed by atoms with Crippen LogP contribution in [0, 0.1) is 0 Å². The molecular formula is C22H48Cl2NiP2. The molecule has 0 atom stereocenters. The zero-order valence-corrected chi connectivity index (χ0v) is 24.4. The number of rotatable bonds is 10. The molecule has 0 aliphatic carbocycles. The van der Waals surface area contributed by atoms with E-state index in [9.17, 15) is 0 Å². The van der Waals surface area contributed by atoms with Gasteiger partial charge in [-0.2, -0.15) is 0 Å². The van der Waals surface area contributed by atoms with Crippen LogP contribution >= 0.6 is 32.5 Å². The monoisotopic (exact) mass is 502 g/mol. The molecule has 0 aromatic carbocycles. The average molecular weight is 504 g/mol.